The van der Waals surface area contributed by atoms with Gasteiger partial charge in [-0.15, -0.1) is 0 Å². The second kappa shape index (κ2) is 8.15. The van der Waals surface area contributed by atoms with E-state index < -0.39 is 5.97 Å². The summed E-state index contributed by atoms with van der Waals surface area (Å²) in [6.45, 7) is 5.94. The molecule has 0 aliphatic heterocycles. The Hall–Kier alpha value is -2.82. The highest BCUT2D eigenvalue weighted by Crippen LogP contribution is 2.18. The number of nitrogens with two attached hydrogens (primary N) is 1. The largest absolute Gasteiger partial charge is 0.482 e. The van der Waals surface area contributed by atoms with Crippen LogP contribution < -0.4 is 10.5 Å². The van der Waals surface area contributed by atoms with Gasteiger partial charge in [0.1, 0.15) is 5.75 Å². The third-order valence-electron chi connectivity index (χ3n) is 3.46. The summed E-state index contributed by atoms with van der Waals surface area (Å²) in [5.41, 5.74) is 8.75. The maximum absolute atomic E-state index is 11.7. The van der Waals surface area contributed by atoms with Gasteiger partial charge in [-0.25, -0.2) is 4.79 Å². The number of hydrogen-bond acceptors (Lipinski definition) is 4. The molecule has 2 N–H and O–H groups in total. The summed E-state index contributed by atoms with van der Waals surface area (Å²) in [7, 11) is 0. The van der Waals surface area contributed by atoms with Crippen molar-refractivity contribution < 1.29 is 14.4 Å². The first kappa shape index (κ1) is 17.5. The number of hydrogen-bond donors (Lipinski definition) is 1. The highest BCUT2D eigenvalue weighted by Gasteiger charge is 2.07. The summed E-state index contributed by atoms with van der Waals surface area (Å²) in [6.07, 6.45) is 0. The van der Waals surface area contributed by atoms with Crippen LogP contribution in [0.25, 0.3) is 0 Å². The summed E-state index contributed by atoms with van der Waals surface area (Å²) in [5.74, 6) is 0.585. The van der Waals surface area contributed by atoms with Crippen molar-refractivity contribution in [3.05, 3.63) is 65.2 Å². The molecule has 0 saturated heterocycles. The van der Waals surface area contributed by atoms with Crippen molar-refractivity contribution in [2.24, 2.45) is 10.9 Å². The molecule has 0 radical (unpaired) electrons. The van der Waals surface area contributed by atoms with E-state index in [0.29, 0.717) is 17.2 Å². The smallest absolute Gasteiger partial charge is 0.372 e. The molecule has 5 heteroatoms. The molecule has 0 saturated carbocycles. The quantitative estimate of drug-likeness (QED) is 0.382. The minimum atomic E-state index is -0.612. The maximum Gasteiger partial charge on any atom is 0.372 e. The topological polar surface area (TPSA) is 73.9 Å². The van der Waals surface area contributed by atoms with Gasteiger partial charge in [-0.2, -0.15) is 0 Å². The fraction of sp³-hybridized carbons (Fsp3) is 0.263. The molecule has 0 aliphatic carbocycles. The Kier molecular flexibility index (Phi) is 5.95. The third kappa shape index (κ3) is 5.12. The number of oxime groups is 1. The summed E-state index contributed by atoms with van der Waals surface area (Å²) >= 11 is 0. The molecule has 0 spiro atoms. The maximum atomic E-state index is 11.7. The lowest BCUT2D eigenvalue weighted by atomic mass is 10.0. The second-order valence-electron chi connectivity index (χ2n) is 5.82. The molecule has 0 atom stereocenters. The molecule has 0 amide bonds. The van der Waals surface area contributed by atoms with Crippen LogP contribution in [0.1, 0.15) is 36.5 Å². The highest BCUT2D eigenvalue weighted by atomic mass is 16.7. The summed E-state index contributed by atoms with van der Waals surface area (Å²) in [4.78, 5) is 16.5. The fourth-order valence-corrected chi connectivity index (χ4v) is 2.07. The van der Waals surface area contributed by atoms with Gasteiger partial charge in [0.05, 0.1) is 0 Å². The molecule has 0 aliphatic rings. The molecule has 126 valence electrons. The Bertz CT molecular complexity index is 722. The van der Waals surface area contributed by atoms with E-state index >= 15 is 0 Å². The van der Waals surface area contributed by atoms with E-state index in [-0.39, 0.29) is 12.4 Å². The molecule has 5 nitrogen and oxygen atoms in total. The molecule has 2 aromatic rings. The summed E-state index contributed by atoms with van der Waals surface area (Å²) in [6, 6.07) is 15.1. The van der Waals surface area contributed by atoms with E-state index in [0.717, 1.165) is 5.56 Å². The van der Waals surface area contributed by atoms with Gasteiger partial charge in [0.25, 0.3) is 0 Å². The van der Waals surface area contributed by atoms with Crippen LogP contribution in [0.2, 0.25) is 0 Å². The molecule has 2 rings (SSSR count). The second-order valence-corrected chi connectivity index (χ2v) is 5.82. The fourth-order valence-electron chi connectivity index (χ4n) is 2.07. The zero-order valence-electron chi connectivity index (χ0n) is 14.2. The van der Waals surface area contributed by atoms with Crippen LogP contribution in [-0.2, 0) is 9.63 Å². The van der Waals surface area contributed by atoms with E-state index in [1.165, 1.54) is 5.56 Å². The van der Waals surface area contributed by atoms with Gasteiger partial charge < -0.3 is 15.3 Å². The van der Waals surface area contributed by atoms with E-state index in [1.54, 1.807) is 6.07 Å². The first-order valence-electron chi connectivity index (χ1n) is 7.79. The van der Waals surface area contributed by atoms with Crippen LogP contribution in [0.3, 0.4) is 0 Å². The molecule has 0 bridgehead atoms. The Morgan fingerprint density at radius 1 is 1.17 bits per heavy atom. The van der Waals surface area contributed by atoms with Crippen molar-refractivity contribution in [1.82, 2.24) is 0 Å². The summed E-state index contributed by atoms with van der Waals surface area (Å²) in [5, 5.41) is 3.65. The average Bonchev–Trinajstić information content (AvgIpc) is 2.58. The number of carbonyl (C=O) groups excluding carboxylic acids is 1. The van der Waals surface area contributed by atoms with Crippen molar-refractivity contribution in [3.63, 3.8) is 0 Å². The first-order valence-corrected chi connectivity index (χ1v) is 7.79. The van der Waals surface area contributed by atoms with Crippen molar-refractivity contribution in [2.75, 3.05) is 6.61 Å². The first-order chi connectivity index (χ1) is 11.5. The van der Waals surface area contributed by atoms with Gasteiger partial charge in [-0.3, -0.25) is 0 Å². The van der Waals surface area contributed by atoms with Crippen molar-refractivity contribution in [2.45, 2.75) is 26.7 Å². The number of nitrogens with zero attached hydrogens (tertiary/aromatic N) is 1. The van der Waals surface area contributed by atoms with E-state index in [4.69, 9.17) is 15.3 Å². The van der Waals surface area contributed by atoms with Crippen molar-refractivity contribution in [3.8, 4) is 5.75 Å². The lowest BCUT2D eigenvalue weighted by molar-refractivity contribution is -0.146. The van der Waals surface area contributed by atoms with Crippen LogP contribution >= 0.6 is 0 Å². The van der Waals surface area contributed by atoms with Crippen LogP contribution in [0.15, 0.2) is 53.7 Å². The monoisotopic (exact) mass is 326 g/mol. The average molecular weight is 326 g/mol. The molecule has 0 fully saturated rings. The molecule has 2 aromatic carbocycles. The third-order valence-corrected chi connectivity index (χ3v) is 3.46. The van der Waals surface area contributed by atoms with Crippen molar-refractivity contribution >= 4 is 11.8 Å². The number of rotatable bonds is 6. The normalized spacial score (nSPS) is 11.4. The number of carbonyl (C=O) groups is 1. The predicted octanol–water partition coefficient (Wildman–Crippen LogP) is 3.36. The lowest BCUT2D eigenvalue weighted by Crippen LogP contribution is -2.18. The predicted molar refractivity (Wildman–Crippen MR) is 94.0 cm³/mol. The Morgan fingerprint density at radius 2 is 1.88 bits per heavy atom. The van der Waals surface area contributed by atoms with Crippen molar-refractivity contribution in [1.29, 1.82) is 0 Å². The number of ether oxygens (including phenoxy) is 1. The molecule has 0 aromatic heterocycles. The molecule has 24 heavy (non-hydrogen) atoms. The van der Waals surface area contributed by atoms with E-state index in [1.807, 2.05) is 49.4 Å². The Labute approximate surface area is 142 Å². The SMILES string of the molecule is Cc1cccc(C(N)=NOC(=O)COc2ccc(C(C)C)cc2)c1. The number of amidine groups is 1. The molecule has 0 heterocycles. The Morgan fingerprint density at radius 3 is 2.50 bits per heavy atom. The van der Waals surface area contributed by atoms with E-state index in [2.05, 4.69) is 19.0 Å². The van der Waals surface area contributed by atoms with Gasteiger partial charge in [-0.1, -0.05) is 54.9 Å². The zero-order valence-corrected chi connectivity index (χ0v) is 14.2. The number of benzene rings is 2. The summed E-state index contributed by atoms with van der Waals surface area (Å²) < 4.78 is 5.38. The minimum Gasteiger partial charge on any atom is -0.482 e. The van der Waals surface area contributed by atoms with Gasteiger partial charge in [0, 0.05) is 5.56 Å². The number of aryl methyl sites for hydroxylation is 1. The van der Waals surface area contributed by atoms with Crippen LogP contribution in [0.5, 0.6) is 5.75 Å². The van der Waals surface area contributed by atoms with Crippen LogP contribution in [0, 0.1) is 6.92 Å². The zero-order chi connectivity index (χ0) is 17.5. The van der Waals surface area contributed by atoms with Crippen LogP contribution in [0.4, 0.5) is 0 Å². The van der Waals surface area contributed by atoms with Crippen LogP contribution in [-0.4, -0.2) is 18.4 Å². The van der Waals surface area contributed by atoms with Gasteiger partial charge in [0.15, 0.2) is 12.4 Å². The van der Waals surface area contributed by atoms with Gasteiger partial charge in [0.2, 0.25) is 0 Å². The lowest BCUT2D eigenvalue weighted by Gasteiger charge is -2.08. The van der Waals surface area contributed by atoms with Gasteiger partial charge >= 0.3 is 5.97 Å². The molecular formula is C19H22N2O3. The minimum absolute atomic E-state index is 0.147. The molecular weight excluding hydrogens is 304 g/mol. The van der Waals surface area contributed by atoms with E-state index in [9.17, 15) is 4.79 Å². The standard InChI is InChI=1S/C19H22N2O3/c1-13(2)15-7-9-17(10-8-15)23-12-18(22)24-21-19(20)16-6-4-5-14(3)11-16/h4-11,13H,12H2,1-3H3,(H2,20,21). The molecule has 0 unspecified atom stereocenters. The van der Waals surface area contributed by atoms with Gasteiger partial charge in [-0.05, 0) is 36.6 Å². The Balaban J connectivity index is 1.85. The highest BCUT2D eigenvalue weighted by molar-refractivity contribution is 5.97.